The van der Waals surface area contributed by atoms with Gasteiger partial charge in [-0.15, -0.1) is 0 Å². The molecule has 0 aromatic heterocycles. The first-order chi connectivity index (χ1) is 3.46. The largest absolute Gasteiger partial charge is 0.643 e. The van der Waals surface area contributed by atoms with Crippen LogP contribution in [0.15, 0.2) is 0 Å². The summed E-state index contributed by atoms with van der Waals surface area (Å²) in [5.74, 6) is 0. The molecule has 0 atom stereocenters. The first kappa shape index (κ1) is 54.7. The molecule has 96 valence electrons. The smallest absolute Gasteiger partial charge is 0.412 e. The molecule has 0 saturated carbocycles. The Hall–Kier alpha value is 2.56. The Kier molecular flexibility index (Phi) is 176. The van der Waals surface area contributed by atoms with E-state index in [1.807, 2.05) is 0 Å². The van der Waals surface area contributed by atoms with Crippen molar-refractivity contribution in [3.63, 3.8) is 0 Å². The van der Waals surface area contributed by atoms with Crippen LogP contribution in [0, 0.1) is 0 Å². The molecule has 0 amide bonds. The van der Waals surface area contributed by atoms with E-state index in [0.29, 0.717) is 0 Å². The molecular formula is H12Al2Cl6O6. The second-order valence-corrected chi connectivity index (χ2v) is 13.4. The molecule has 14 heavy (non-hydrogen) atoms. The highest BCUT2D eigenvalue weighted by Crippen LogP contribution is 1.97. The molecule has 0 aliphatic rings. The van der Waals surface area contributed by atoms with Crippen LogP contribution < -0.4 is 0 Å². The van der Waals surface area contributed by atoms with Crippen LogP contribution >= 0.6 is 60.3 Å². The summed E-state index contributed by atoms with van der Waals surface area (Å²) >= 11 is -3.44. The standard InChI is InChI=1S/2Al.6ClH.6H2O/h;;6*1H;6*1H2/q2*+3;;;;;;;;;;;;/p-6. The number of hydrogen-bond donors (Lipinski definition) is 0. The van der Waals surface area contributed by atoms with Gasteiger partial charge in [-0.25, -0.2) is 60.3 Å². The lowest BCUT2D eigenvalue weighted by molar-refractivity contribution is 0.823. The Morgan fingerprint density at radius 3 is 0.357 bits per heavy atom. The van der Waals surface area contributed by atoms with Crippen molar-refractivity contribution in [3.8, 4) is 0 Å². The molecule has 0 aromatic rings. The molecular weight excluding hydrogens is 363 g/mol. The van der Waals surface area contributed by atoms with Gasteiger partial charge in [-0.1, -0.05) is 0 Å². The Morgan fingerprint density at radius 2 is 0.357 bits per heavy atom. The van der Waals surface area contributed by atoms with E-state index in [0.717, 1.165) is 0 Å². The van der Waals surface area contributed by atoms with E-state index in [9.17, 15) is 0 Å². The van der Waals surface area contributed by atoms with Gasteiger partial charge in [0.05, 0.1) is 0 Å². The highest BCUT2D eigenvalue weighted by molar-refractivity contribution is 7.54. The van der Waals surface area contributed by atoms with Gasteiger partial charge >= 0.3 is 22.8 Å². The molecule has 0 aromatic carbocycles. The van der Waals surface area contributed by atoms with Crippen molar-refractivity contribution in [2.45, 2.75) is 0 Å². The maximum absolute atomic E-state index is 4.94. The zero-order valence-corrected chi connectivity index (χ0v) is 13.3. The summed E-state index contributed by atoms with van der Waals surface area (Å²) in [4.78, 5) is 0. The van der Waals surface area contributed by atoms with Crippen molar-refractivity contribution >= 4 is 83.1 Å². The fourth-order valence-electron chi connectivity index (χ4n) is 0. The van der Waals surface area contributed by atoms with Crippen molar-refractivity contribution in [1.29, 1.82) is 0 Å². The minimum Gasteiger partial charge on any atom is -0.412 e. The predicted molar refractivity (Wildman–Crippen MR) is 68.3 cm³/mol. The van der Waals surface area contributed by atoms with Crippen LogP contribution in [0.5, 0.6) is 0 Å². The van der Waals surface area contributed by atoms with E-state index < -0.39 is 22.8 Å². The Bertz CT molecular complexity index is 35.8. The topological polar surface area (TPSA) is 189 Å². The van der Waals surface area contributed by atoms with E-state index in [-0.39, 0.29) is 32.9 Å². The van der Waals surface area contributed by atoms with Gasteiger partial charge in [-0.2, -0.15) is 0 Å². The van der Waals surface area contributed by atoms with Crippen LogP contribution in [0.4, 0.5) is 0 Å². The van der Waals surface area contributed by atoms with Gasteiger partial charge in [0.2, 0.25) is 0 Å². The zero-order chi connectivity index (χ0) is 7.15. The van der Waals surface area contributed by atoms with Crippen molar-refractivity contribution in [3.05, 3.63) is 0 Å². The highest BCUT2D eigenvalue weighted by Gasteiger charge is 2.00. The summed E-state index contributed by atoms with van der Waals surface area (Å²) in [6.45, 7) is 0. The third-order valence-electron chi connectivity index (χ3n) is 0. The molecule has 0 heterocycles. The summed E-state index contributed by atoms with van der Waals surface area (Å²) in [5.41, 5.74) is 0. The third kappa shape index (κ3) is 407. The fourth-order valence-corrected chi connectivity index (χ4v) is 0. The third-order valence-corrected chi connectivity index (χ3v) is 0. The van der Waals surface area contributed by atoms with Gasteiger partial charge in [-0.3, -0.25) is 0 Å². The average molecular weight is 375 g/mol. The Balaban J connectivity index is -0.00000000600. The zero-order valence-electron chi connectivity index (χ0n) is 6.42. The van der Waals surface area contributed by atoms with E-state index in [1.165, 1.54) is 0 Å². The maximum atomic E-state index is 4.94. The van der Waals surface area contributed by atoms with Crippen molar-refractivity contribution in [2.24, 2.45) is 0 Å². The minimum absolute atomic E-state index is 0. The van der Waals surface area contributed by atoms with Gasteiger partial charge < -0.3 is 32.9 Å². The maximum Gasteiger partial charge on any atom is 0.643 e. The second kappa shape index (κ2) is 45.0. The molecule has 0 aliphatic carbocycles. The van der Waals surface area contributed by atoms with Crippen molar-refractivity contribution < 1.29 is 32.9 Å². The monoisotopic (exact) mass is 372 g/mol. The summed E-state index contributed by atoms with van der Waals surface area (Å²) in [5, 5.41) is 0. The Labute approximate surface area is 115 Å². The lowest BCUT2D eigenvalue weighted by atomic mass is 16.0. The summed E-state index contributed by atoms with van der Waals surface area (Å²) in [7, 11) is 29.7. The van der Waals surface area contributed by atoms with Gasteiger partial charge in [0.1, 0.15) is 0 Å². The van der Waals surface area contributed by atoms with Crippen molar-refractivity contribution in [1.82, 2.24) is 0 Å². The number of rotatable bonds is 0. The van der Waals surface area contributed by atoms with Gasteiger partial charge in [0.15, 0.2) is 0 Å². The molecule has 0 rings (SSSR count). The van der Waals surface area contributed by atoms with Crippen LogP contribution in [-0.4, -0.2) is 55.6 Å². The molecule has 0 saturated heterocycles. The van der Waals surface area contributed by atoms with Gasteiger partial charge in [0.25, 0.3) is 0 Å². The van der Waals surface area contributed by atoms with E-state index in [4.69, 9.17) is 60.3 Å². The van der Waals surface area contributed by atoms with Crippen LogP contribution in [0.1, 0.15) is 0 Å². The molecule has 0 radical (unpaired) electrons. The molecule has 0 unspecified atom stereocenters. The first-order valence-corrected chi connectivity index (χ1v) is 11.8. The molecule has 0 bridgehead atoms. The van der Waals surface area contributed by atoms with Crippen LogP contribution in [0.2, 0.25) is 0 Å². The molecule has 0 spiro atoms. The molecule has 6 nitrogen and oxygen atoms in total. The summed E-state index contributed by atoms with van der Waals surface area (Å²) < 4.78 is 0. The van der Waals surface area contributed by atoms with Crippen molar-refractivity contribution in [2.75, 3.05) is 0 Å². The lowest BCUT2D eigenvalue weighted by Crippen LogP contribution is -1.66. The lowest BCUT2D eigenvalue weighted by Gasteiger charge is -1.57. The predicted octanol–water partition coefficient (Wildman–Crippen LogP) is -1.57. The fraction of sp³-hybridized carbons (Fsp3) is 0. The average Bonchev–Trinajstić information content (AvgIpc) is 1.25. The molecule has 12 N–H and O–H groups in total. The van der Waals surface area contributed by atoms with Crippen LogP contribution in [0.25, 0.3) is 0 Å². The Morgan fingerprint density at radius 1 is 0.357 bits per heavy atom. The second-order valence-electron chi connectivity index (χ2n) is 0.495. The molecule has 0 aliphatic heterocycles. The van der Waals surface area contributed by atoms with Crippen LogP contribution in [0.3, 0.4) is 0 Å². The van der Waals surface area contributed by atoms with E-state index >= 15 is 0 Å². The highest BCUT2D eigenvalue weighted by atomic mass is 35.8. The quantitative estimate of drug-likeness (QED) is 0.443. The van der Waals surface area contributed by atoms with Gasteiger partial charge in [-0.05, 0) is 0 Å². The first-order valence-electron chi connectivity index (χ1n) is 1.31. The van der Waals surface area contributed by atoms with Gasteiger partial charge in [0, 0.05) is 0 Å². The summed E-state index contributed by atoms with van der Waals surface area (Å²) in [6, 6.07) is 0. The molecule has 14 heteroatoms. The number of halogens is 6. The number of hydrogen-bond acceptors (Lipinski definition) is 0. The SMILES string of the molecule is O.O.O.O.O.O.[Cl][Al]([Cl])[Cl].[Cl][Al]([Cl])[Cl]. The van der Waals surface area contributed by atoms with Crippen LogP contribution in [-0.2, 0) is 0 Å². The summed E-state index contributed by atoms with van der Waals surface area (Å²) in [6.07, 6.45) is 0. The molecule has 0 fully saturated rings. The minimum atomic E-state index is -1.72. The van der Waals surface area contributed by atoms with E-state index in [1.54, 1.807) is 0 Å². The van der Waals surface area contributed by atoms with E-state index in [2.05, 4.69) is 0 Å². The normalized spacial score (nSPS) is 3.86.